The molecule has 2 saturated carbocycles. The average Bonchev–Trinajstić information content (AvgIpc) is 4.04. The Hall–Kier alpha value is -2.87. The van der Waals surface area contributed by atoms with Crippen molar-refractivity contribution in [3.8, 4) is 0 Å². The monoisotopic (exact) mass is 696 g/mol. The molecular weight excluding hydrogens is 639 g/mol. The van der Waals surface area contributed by atoms with Gasteiger partial charge in [0.15, 0.2) is 9.84 Å². The lowest BCUT2D eigenvalue weighted by Crippen LogP contribution is -2.66. The molecule has 2 aromatic carbocycles. The number of sulfone groups is 1. The standard InChI is InChI=1S/C43H58N3O3S/c1-5-7-19-41(20-8-6-2)32-50(47,48)40-18-13-35(44(3)4)29-39(40)43(42(41)21-22-42)37-16-14-36(15-17-38(37)43)49-31-34-11-9-33(10-12-34)30-46-26-23-45(24-27-46)25-28-46/h9-18,29,37H,5-8,19-28,30-32H2,1-4H3/q+1. The van der Waals surface area contributed by atoms with Gasteiger partial charge in [0.1, 0.15) is 18.9 Å². The second-order valence-electron chi connectivity index (χ2n) is 16.9. The van der Waals surface area contributed by atoms with Crippen molar-refractivity contribution in [1.82, 2.24) is 4.90 Å². The molecule has 7 heteroatoms. The predicted molar refractivity (Wildman–Crippen MR) is 203 cm³/mol. The largest absolute Gasteiger partial charge is 0.489 e. The van der Waals surface area contributed by atoms with Crippen molar-refractivity contribution in [3.05, 3.63) is 94.8 Å². The fourth-order valence-electron chi connectivity index (χ4n) is 11.0. The quantitative estimate of drug-likeness (QED) is 0.212. The molecule has 5 fully saturated rings. The topological polar surface area (TPSA) is 49.9 Å². The molecule has 0 aromatic heterocycles. The summed E-state index contributed by atoms with van der Waals surface area (Å²) < 4.78 is 36.8. The van der Waals surface area contributed by atoms with Crippen LogP contribution in [0.15, 0.2) is 83.0 Å². The summed E-state index contributed by atoms with van der Waals surface area (Å²) in [5.74, 6) is 1.34. The molecule has 2 spiro atoms. The molecule has 4 heterocycles. The van der Waals surface area contributed by atoms with Crippen molar-refractivity contribution < 1.29 is 17.6 Å². The normalized spacial score (nSPS) is 30.5. The van der Waals surface area contributed by atoms with Gasteiger partial charge in [0.25, 0.3) is 0 Å². The predicted octanol–water partition coefficient (Wildman–Crippen LogP) is 7.80. The molecule has 0 amide bonds. The maximum absolute atomic E-state index is 14.6. The molecule has 0 radical (unpaired) electrons. The lowest BCUT2D eigenvalue weighted by Gasteiger charge is -2.50. The Morgan fingerprint density at radius 2 is 1.56 bits per heavy atom. The van der Waals surface area contributed by atoms with E-state index in [1.165, 1.54) is 60.5 Å². The Morgan fingerprint density at radius 1 is 0.900 bits per heavy atom. The van der Waals surface area contributed by atoms with Gasteiger partial charge in [-0.15, -0.1) is 0 Å². The number of rotatable bonds is 12. The van der Waals surface area contributed by atoms with Crippen LogP contribution in [0.5, 0.6) is 0 Å². The van der Waals surface area contributed by atoms with Gasteiger partial charge >= 0.3 is 0 Å². The number of anilines is 1. The highest BCUT2D eigenvalue weighted by Crippen LogP contribution is 2.84. The van der Waals surface area contributed by atoms with Crippen LogP contribution in [0, 0.1) is 16.7 Å². The van der Waals surface area contributed by atoms with E-state index in [-0.39, 0.29) is 27.9 Å². The first-order valence-electron chi connectivity index (χ1n) is 19.5. The van der Waals surface area contributed by atoms with Crippen LogP contribution in [-0.4, -0.2) is 76.9 Å². The number of allylic oxidation sites excluding steroid dienone is 5. The molecule has 3 saturated heterocycles. The zero-order valence-electron chi connectivity index (χ0n) is 30.9. The van der Waals surface area contributed by atoms with Gasteiger partial charge in [-0.1, -0.05) is 75.9 Å². The molecule has 50 heavy (non-hydrogen) atoms. The van der Waals surface area contributed by atoms with E-state index >= 15 is 0 Å². The summed E-state index contributed by atoms with van der Waals surface area (Å²) in [6, 6.07) is 15.3. The van der Waals surface area contributed by atoms with E-state index in [1.54, 1.807) is 0 Å². The summed E-state index contributed by atoms with van der Waals surface area (Å²) in [4.78, 5) is 5.29. The molecule has 2 aromatic rings. The molecular formula is C43H58N3O3S+. The highest BCUT2D eigenvalue weighted by molar-refractivity contribution is 7.91. The molecule has 3 aliphatic carbocycles. The first-order valence-corrected chi connectivity index (χ1v) is 21.2. The third-order valence-electron chi connectivity index (χ3n) is 13.9. The minimum Gasteiger partial charge on any atom is -0.489 e. The van der Waals surface area contributed by atoms with Gasteiger partial charge in [0, 0.05) is 56.3 Å². The van der Waals surface area contributed by atoms with Gasteiger partial charge in [0.05, 0.1) is 30.3 Å². The Labute approximate surface area is 301 Å². The van der Waals surface area contributed by atoms with E-state index in [1.807, 2.05) is 12.1 Å². The first kappa shape index (κ1) is 34.2. The van der Waals surface area contributed by atoms with Crippen molar-refractivity contribution in [2.45, 2.75) is 88.7 Å². The van der Waals surface area contributed by atoms with Crippen LogP contribution in [0.3, 0.4) is 0 Å². The number of piperazine rings is 3. The van der Waals surface area contributed by atoms with E-state index in [2.05, 4.69) is 92.4 Å². The van der Waals surface area contributed by atoms with Crippen molar-refractivity contribution >= 4 is 15.5 Å². The maximum Gasteiger partial charge on any atom is 0.179 e. The fourth-order valence-corrected chi connectivity index (χ4v) is 13.3. The van der Waals surface area contributed by atoms with Crippen LogP contribution in [0.25, 0.3) is 0 Å². The SMILES string of the molecule is CCCCC1(CCCC)CS(=O)(=O)c2ccc(N(C)C)cc2C2(C3=CC=C(OCc4ccc(C[N+]56CCN(CC5)CC6)cc4)C=CC32)C12CC2. The number of ether oxygens (including phenoxy) is 1. The van der Waals surface area contributed by atoms with Crippen LogP contribution in [0.1, 0.15) is 81.9 Å². The highest BCUT2D eigenvalue weighted by atomic mass is 32.2. The van der Waals surface area contributed by atoms with E-state index in [0.717, 1.165) is 74.9 Å². The Kier molecular flexibility index (Phi) is 8.67. The van der Waals surface area contributed by atoms with Gasteiger partial charge in [0.2, 0.25) is 0 Å². The molecule has 268 valence electrons. The third-order valence-corrected chi connectivity index (χ3v) is 15.9. The molecule has 6 nitrogen and oxygen atoms in total. The lowest BCUT2D eigenvalue weighted by atomic mass is 9.58. The highest BCUT2D eigenvalue weighted by Gasteiger charge is 2.81. The number of nitrogens with zero attached hydrogens (tertiary/aromatic N) is 3. The minimum atomic E-state index is -3.48. The summed E-state index contributed by atoms with van der Waals surface area (Å²) in [6.45, 7) is 13.7. The lowest BCUT2D eigenvalue weighted by molar-refractivity contribution is -0.953. The molecule has 4 aliphatic heterocycles. The number of benzene rings is 2. The van der Waals surface area contributed by atoms with E-state index in [4.69, 9.17) is 4.74 Å². The van der Waals surface area contributed by atoms with Crippen molar-refractivity contribution in [2.24, 2.45) is 16.7 Å². The summed E-state index contributed by atoms with van der Waals surface area (Å²) in [5, 5.41) is 0. The molecule has 9 rings (SSSR count). The fraction of sp³-hybridized carbons (Fsp3) is 0.581. The maximum atomic E-state index is 14.6. The number of unbranched alkanes of at least 4 members (excludes halogenated alkanes) is 2. The molecule has 2 unspecified atom stereocenters. The van der Waals surface area contributed by atoms with E-state index in [9.17, 15) is 8.42 Å². The van der Waals surface area contributed by atoms with Crippen LogP contribution in [0.2, 0.25) is 0 Å². The number of fused-ring (bicyclic) bond motifs is 9. The van der Waals surface area contributed by atoms with Gasteiger partial charge in [-0.3, -0.25) is 4.90 Å². The van der Waals surface area contributed by atoms with Crippen LogP contribution in [-0.2, 0) is 33.1 Å². The third kappa shape index (κ3) is 5.44. The minimum absolute atomic E-state index is 0.0463. The second-order valence-corrected chi connectivity index (χ2v) is 18.8. The Bertz CT molecular complexity index is 1790. The number of quaternary nitrogens is 1. The zero-order chi connectivity index (χ0) is 34.8. The summed E-state index contributed by atoms with van der Waals surface area (Å²) in [6.07, 6.45) is 17.5. The zero-order valence-corrected chi connectivity index (χ0v) is 31.7. The molecule has 2 atom stereocenters. The summed E-state index contributed by atoms with van der Waals surface area (Å²) >= 11 is 0. The Morgan fingerprint density at radius 3 is 2.18 bits per heavy atom. The van der Waals surface area contributed by atoms with Crippen LogP contribution < -0.4 is 4.90 Å². The van der Waals surface area contributed by atoms with Crippen molar-refractivity contribution in [1.29, 1.82) is 0 Å². The van der Waals surface area contributed by atoms with Gasteiger partial charge in [-0.05, 0) is 83.6 Å². The van der Waals surface area contributed by atoms with E-state index in [0.29, 0.717) is 11.5 Å². The second kappa shape index (κ2) is 12.7. The summed E-state index contributed by atoms with van der Waals surface area (Å²) in [5.41, 5.74) is 5.56. The number of hydrogen-bond acceptors (Lipinski definition) is 5. The van der Waals surface area contributed by atoms with Crippen LogP contribution >= 0.6 is 0 Å². The van der Waals surface area contributed by atoms with Crippen molar-refractivity contribution in [2.75, 3.05) is 64.0 Å². The molecule has 2 bridgehead atoms. The van der Waals surface area contributed by atoms with Gasteiger partial charge in [-0.25, -0.2) is 8.42 Å². The van der Waals surface area contributed by atoms with Crippen molar-refractivity contribution in [3.63, 3.8) is 0 Å². The molecule has 7 aliphatic rings. The van der Waals surface area contributed by atoms with Gasteiger partial charge in [-0.2, -0.15) is 0 Å². The van der Waals surface area contributed by atoms with E-state index < -0.39 is 9.84 Å². The average molecular weight is 697 g/mol. The van der Waals surface area contributed by atoms with Crippen LogP contribution in [0.4, 0.5) is 5.69 Å². The summed E-state index contributed by atoms with van der Waals surface area (Å²) in [7, 11) is 0.632. The Balaban J connectivity index is 1.09. The molecule has 0 N–H and O–H groups in total. The smallest absolute Gasteiger partial charge is 0.179 e. The first-order chi connectivity index (χ1) is 24.1. The number of hydrogen-bond donors (Lipinski definition) is 0. The van der Waals surface area contributed by atoms with Gasteiger partial charge < -0.3 is 14.1 Å².